The first-order chi connectivity index (χ1) is 12.6. The Hall–Kier alpha value is -2.66. The van der Waals surface area contributed by atoms with E-state index in [-0.39, 0.29) is 17.9 Å². The summed E-state index contributed by atoms with van der Waals surface area (Å²) in [5.41, 5.74) is 2.50. The van der Waals surface area contributed by atoms with Gasteiger partial charge in [-0.15, -0.1) is 0 Å². The molecule has 0 unspecified atom stereocenters. The normalized spacial score (nSPS) is 17.0. The first-order valence-corrected chi connectivity index (χ1v) is 8.94. The van der Waals surface area contributed by atoms with Gasteiger partial charge < -0.3 is 15.0 Å². The van der Waals surface area contributed by atoms with E-state index < -0.39 is 0 Å². The van der Waals surface area contributed by atoms with Gasteiger partial charge in [0, 0.05) is 31.3 Å². The molecule has 1 fully saturated rings. The molecule has 136 valence electrons. The van der Waals surface area contributed by atoms with Gasteiger partial charge in [0.25, 0.3) is 5.91 Å². The largest absolute Gasteiger partial charge is 0.375 e. The predicted molar refractivity (Wildman–Crippen MR) is 101 cm³/mol. The fourth-order valence-electron chi connectivity index (χ4n) is 3.17. The molecule has 1 N–H and O–H groups in total. The summed E-state index contributed by atoms with van der Waals surface area (Å²) in [6.45, 7) is 3.19. The number of hydrogen-bond donors (Lipinski definition) is 1. The number of hydrogen-bond acceptors (Lipinski definition) is 3. The highest BCUT2D eigenvalue weighted by molar-refractivity contribution is 5.96. The maximum Gasteiger partial charge on any atom is 0.254 e. The zero-order chi connectivity index (χ0) is 18.4. The Labute approximate surface area is 154 Å². The van der Waals surface area contributed by atoms with Crippen LogP contribution in [0.5, 0.6) is 0 Å². The van der Waals surface area contributed by atoms with Crippen molar-refractivity contribution in [2.45, 2.75) is 25.9 Å². The molecule has 2 aromatic carbocycles. The zero-order valence-corrected chi connectivity index (χ0v) is 15.0. The molecule has 0 aliphatic carbocycles. The fourth-order valence-corrected chi connectivity index (χ4v) is 3.17. The van der Waals surface area contributed by atoms with Crippen molar-refractivity contribution in [3.05, 3.63) is 65.7 Å². The lowest BCUT2D eigenvalue weighted by atomic mass is 10.1. The predicted octanol–water partition coefficient (Wildman–Crippen LogP) is 3.12. The van der Waals surface area contributed by atoms with Gasteiger partial charge in [-0.3, -0.25) is 9.59 Å². The minimum atomic E-state index is -0.151. The van der Waals surface area contributed by atoms with E-state index in [0.29, 0.717) is 30.9 Å². The molecule has 1 heterocycles. The van der Waals surface area contributed by atoms with Crippen LogP contribution in [0.1, 0.15) is 29.3 Å². The number of benzene rings is 2. The second-order valence-electron chi connectivity index (χ2n) is 6.53. The zero-order valence-electron chi connectivity index (χ0n) is 15.0. The molecule has 1 atom stereocenters. The summed E-state index contributed by atoms with van der Waals surface area (Å²) in [5.74, 6) is -0.174. The third kappa shape index (κ3) is 4.92. The van der Waals surface area contributed by atoms with Crippen LogP contribution in [0, 0.1) is 0 Å². The molecular weight excluding hydrogens is 328 g/mol. The summed E-state index contributed by atoms with van der Waals surface area (Å²) in [7, 11) is 0. The minimum absolute atomic E-state index is 0.0230. The number of amides is 2. The molecule has 3 rings (SSSR count). The molecule has 26 heavy (non-hydrogen) atoms. The average Bonchev–Trinajstić information content (AvgIpc) is 2.66. The van der Waals surface area contributed by atoms with Gasteiger partial charge in [0.05, 0.1) is 12.7 Å². The number of anilines is 1. The third-order valence-electron chi connectivity index (χ3n) is 4.45. The van der Waals surface area contributed by atoms with Gasteiger partial charge in [0.1, 0.15) is 0 Å². The Morgan fingerprint density at radius 3 is 2.73 bits per heavy atom. The van der Waals surface area contributed by atoms with Crippen LogP contribution in [-0.2, 0) is 16.0 Å². The van der Waals surface area contributed by atoms with Crippen LogP contribution in [0.15, 0.2) is 54.6 Å². The van der Waals surface area contributed by atoms with Crippen molar-refractivity contribution >= 4 is 17.5 Å². The lowest BCUT2D eigenvalue weighted by molar-refractivity contribution is -0.114. The lowest BCUT2D eigenvalue weighted by Gasteiger charge is -2.33. The van der Waals surface area contributed by atoms with Crippen molar-refractivity contribution in [2.24, 2.45) is 0 Å². The van der Waals surface area contributed by atoms with Crippen molar-refractivity contribution in [3.63, 3.8) is 0 Å². The molecule has 5 nitrogen and oxygen atoms in total. The summed E-state index contributed by atoms with van der Waals surface area (Å²) in [6, 6.07) is 17.4. The van der Waals surface area contributed by atoms with Gasteiger partial charge >= 0.3 is 0 Å². The standard InChI is InChI=1S/C21H24N2O3/c1-16(24)22-19-9-5-8-18(14-19)21(25)23-12-13-26-20(15-23)11-10-17-6-3-2-4-7-17/h2-9,14,20H,10-13,15H2,1H3,(H,22,24)/t20-/m0/s1. The Balaban J connectivity index is 1.60. The summed E-state index contributed by atoms with van der Waals surface area (Å²) in [5, 5.41) is 2.72. The first-order valence-electron chi connectivity index (χ1n) is 8.94. The van der Waals surface area contributed by atoms with Gasteiger partial charge in [-0.2, -0.15) is 0 Å². The van der Waals surface area contributed by atoms with E-state index in [4.69, 9.17) is 4.74 Å². The molecule has 2 amide bonds. The number of ether oxygens (including phenoxy) is 1. The number of morpholine rings is 1. The molecule has 0 radical (unpaired) electrons. The maximum absolute atomic E-state index is 12.8. The lowest BCUT2D eigenvalue weighted by Crippen LogP contribution is -2.45. The molecular formula is C21H24N2O3. The SMILES string of the molecule is CC(=O)Nc1cccc(C(=O)N2CCO[C@@H](CCc3ccccc3)C2)c1. The molecule has 2 aromatic rings. The summed E-state index contributed by atoms with van der Waals surface area (Å²) in [4.78, 5) is 25.9. The molecule has 0 spiro atoms. The van der Waals surface area contributed by atoms with Crippen LogP contribution in [0.2, 0.25) is 0 Å². The number of carbonyl (C=O) groups excluding carboxylic acids is 2. The first kappa shape index (κ1) is 18.1. The highest BCUT2D eigenvalue weighted by atomic mass is 16.5. The van der Waals surface area contributed by atoms with Gasteiger partial charge in [-0.05, 0) is 36.6 Å². The van der Waals surface area contributed by atoms with Gasteiger partial charge in [-0.25, -0.2) is 0 Å². The summed E-state index contributed by atoms with van der Waals surface area (Å²) < 4.78 is 5.84. The summed E-state index contributed by atoms with van der Waals surface area (Å²) in [6.07, 6.45) is 1.87. The van der Waals surface area contributed by atoms with Crippen molar-refractivity contribution in [1.82, 2.24) is 4.90 Å². The third-order valence-corrected chi connectivity index (χ3v) is 4.45. The Kier molecular flexibility index (Phi) is 6.02. The topological polar surface area (TPSA) is 58.6 Å². The molecule has 0 bridgehead atoms. The van der Waals surface area contributed by atoms with E-state index in [9.17, 15) is 9.59 Å². The number of aryl methyl sites for hydroxylation is 1. The van der Waals surface area contributed by atoms with Crippen LogP contribution >= 0.6 is 0 Å². The monoisotopic (exact) mass is 352 g/mol. The van der Waals surface area contributed by atoms with E-state index in [1.165, 1.54) is 12.5 Å². The molecule has 1 aliphatic rings. The smallest absolute Gasteiger partial charge is 0.254 e. The van der Waals surface area contributed by atoms with Crippen LogP contribution in [-0.4, -0.2) is 42.5 Å². The van der Waals surface area contributed by atoms with Crippen molar-refractivity contribution in [1.29, 1.82) is 0 Å². The molecule has 0 aromatic heterocycles. The van der Waals surface area contributed by atoms with E-state index in [1.54, 1.807) is 24.3 Å². The van der Waals surface area contributed by atoms with E-state index >= 15 is 0 Å². The quantitative estimate of drug-likeness (QED) is 0.899. The number of rotatable bonds is 5. The van der Waals surface area contributed by atoms with Gasteiger partial charge in [0.15, 0.2) is 0 Å². The number of carbonyl (C=O) groups is 2. The second kappa shape index (κ2) is 8.63. The van der Waals surface area contributed by atoms with Crippen LogP contribution in [0.25, 0.3) is 0 Å². The Morgan fingerprint density at radius 2 is 1.96 bits per heavy atom. The second-order valence-corrected chi connectivity index (χ2v) is 6.53. The van der Waals surface area contributed by atoms with Crippen LogP contribution < -0.4 is 5.32 Å². The number of nitrogens with zero attached hydrogens (tertiary/aromatic N) is 1. The number of nitrogens with one attached hydrogen (secondary N) is 1. The van der Waals surface area contributed by atoms with Crippen LogP contribution in [0.3, 0.4) is 0 Å². The van der Waals surface area contributed by atoms with E-state index in [2.05, 4.69) is 17.4 Å². The Bertz CT molecular complexity index is 761. The maximum atomic E-state index is 12.8. The molecule has 1 aliphatic heterocycles. The Morgan fingerprint density at radius 1 is 1.15 bits per heavy atom. The van der Waals surface area contributed by atoms with Gasteiger partial charge in [-0.1, -0.05) is 36.4 Å². The van der Waals surface area contributed by atoms with Crippen LogP contribution in [0.4, 0.5) is 5.69 Å². The van der Waals surface area contributed by atoms with Crippen molar-refractivity contribution < 1.29 is 14.3 Å². The molecule has 5 heteroatoms. The average molecular weight is 352 g/mol. The van der Waals surface area contributed by atoms with Gasteiger partial charge in [0.2, 0.25) is 5.91 Å². The molecule has 1 saturated heterocycles. The van der Waals surface area contributed by atoms with Crippen molar-refractivity contribution in [2.75, 3.05) is 25.0 Å². The van der Waals surface area contributed by atoms with E-state index in [1.807, 2.05) is 23.1 Å². The van der Waals surface area contributed by atoms with Crippen molar-refractivity contribution in [3.8, 4) is 0 Å². The fraction of sp³-hybridized carbons (Fsp3) is 0.333. The highest BCUT2D eigenvalue weighted by Crippen LogP contribution is 2.17. The highest BCUT2D eigenvalue weighted by Gasteiger charge is 2.25. The van der Waals surface area contributed by atoms with E-state index in [0.717, 1.165) is 12.8 Å². The molecule has 0 saturated carbocycles. The summed E-state index contributed by atoms with van der Waals surface area (Å²) >= 11 is 0. The minimum Gasteiger partial charge on any atom is -0.375 e.